The van der Waals surface area contributed by atoms with Crippen LogP contribution in [-0.2, 0) is 51.1 Å². The molecule has 10 rings (SSSR count). The minimum Gasteiger partial charge on any atom is -0.473 e. The summed E-state index contributed by atoms with van der Waals surface area (Å²) in [5.74, 6) is 0.103. The number of hydrogen-bond donors (Lipinski definition) is 0. The van der Waals surface area contributed by atoms with Crippen molar-refractivity contribution < 1.29 is 46.4 Å². The van der Waals surface area contributed by atoms with Gasteiger partial charge in [-0.3, -0.25) is 4.90 Å². The third kappa shape index (κ3) is 8.62. The maximum atomic E-state index is 14.7. The molecule has 3 aromatic heterocycles. The zero-order valence-corrected chi connectivity index (χ0v) is 35.7. The second-order valence-electron chi connectivity index (χ2n) is 16.3. The van der Waals surface area contributed by atoms with Crippen molar-refractivity contribution in [2.75, 3.05) is 40.5 Å². The molecule has 4 fully saturated rings. The molecule has 3 aliphatic heterocycles. The molecule has 6 heterocycles. The molecule has 6 aromatic rings. The molecule has 1 saturated carbocycles. The number of aromatic nitrogens is 5. The first-order chi connectivity index (χ1) is 31.0. The van der Waals surface area contributed by atoms with Crippen molar-refractivity contribution >= 4 is 45.6 Å². The van der Waals surface area contributed by atoms with Crippen LogP contribution in [0.2, 0.25) is 0 Å². The van der Waals surface area contributed by atoms with Gasteiger partial charge in [-0.25, -0.2) is 37.7 Å². The number of esters is 2. The Balaban J connectivity index is 0.000000207. The van der Waals surface area contributed by atoms with Gasteiger partial charge in [0.15, 0.2) is 0 Å². The number of nitriles is 1. The van der Waals surface area contributed by atoms with E-state index in [1.165, 1.54) is 44.6 Å². The second kappa shape index (κ2) is 18.2. The lowest BCUT2D eigenvalue weighted by atomic mass is 10.1. The molecule has 1 unspecified atom stereocenters. The fourth-order valence-corrected chi connectivity index (χ4v) is 8.99. The molecule has 18 heteroatoms. The zero-order valence-electron chi connectivity index (χ0n) is 34.9. The molecule has 3 aromatic carbocycles. The lowest BCUT2D eigenvalue weighted by Crippen LogP contribution is -2.33. The SMILES string of the molecule is COC(=O)c1cc2c(cc1F)nc(CCl)n2C[C@@H]1CCO1.COC(=O)c1cc2c(cc1F)nc(CN1C[C@@H]3C(c4cccc(OCc5ccc(C#N)cc5F)n4)[C@@H]3C1)n2C[C@@H]1CCO1. The third-order valence-corrected chi connectivity index (χ3v) is 12.6. The molecule has 14 nitrogen and oxygen atoms in total. The van der Waals surface area contributed by atoms with Gasteiger partial charge in [0.1, 0.15) is 35.7 Å². The van der Waals surface area contributed by atoms with Crippen LogP contribution >= 0.6 is 11.6 Å². The summed E-state index contributed by atoms with van der Waals surface area (Å²) in [5.41, 5.74) is 3.70. The van der Waals surface area contributed by atoms with E-state index in [0.717, 1.165) is 50.7 Å². The van der Waals surface area contributed by atoms with Crippen LogP contribution in [0, 0.1) is 40.6 Å². The summed E-state index contributed by atoms with van der Waals surface area (Å²) < 4.78 is 73.0. The predicted molar refractivity (Wildman–Crippen MR) is 225 cm³/mol. The molecule has 64 heavy (non-hydrogen) atoms. The molecule has 5 atom stereocenters. The Kier molecular flexibility index (Phi) is 12.3. The zero-order chi connectivity index (χ0) is 44.6. The number of carbonyl (C=O) groups excluding carboxylic acids is 2. The van der Waals surface area contributed by atoms with E-state index < -0.39 is 29.4 Å². The minimum absolute atomic E-state index is 0.0250. The molecular formula is C46H43ClF3N7O7. The Morgan fingerprint density at radius 2 is 1.38 bits per heavy atom. The Labute approximate surface area is 370 Å². The highest BCUT2D eigenvalue weighted by Gasteiger charge is 2.57. The number of imidazole rings is 2. The number of halogens is 4. The highest BCUT2D eigenvalue weighted by Crippen LogP contribution is 2.58. The van der Waals surface area contributed by atoms with Crippen molar-refractivity contribution in [1.29, 1.82) is 5.26 Å². The van der Waals surface area contributed by atoms with E-state index in [1.807, 2.05) is 27.3 Å². The monoisotopic (exact) mass is 897 g/mol. The van der Waals surface area contributed by atoms with Crippen LogP contribution in [0.25, 0.3) is 22.1 Å². The number of pyridine rings is 1. The topological polar surface area (TPSA) is 156 Å². The molecule has 4 aliphatic rings. The number of carbonyl (C=O) groups is 2. The number of hydrogen-bond acceptors (Lipinski definition) is 12. The van der Waals surface area contributed by atoms with Crippen LogP contribution in [0.5, 0.6) is 5.88 Å². The summed E-state index contributed by atoms with van der Waals surface area (Å²) in [4.78, 5) is 39.9. The number of fused-ring (bicyclic) bond motifs is 3. The Morgan fingerprint density at radius 3 is 1.89 bits per heavy atom. The fraction of sp³-hybridized carbons (Fsp3) is 0.391. The maximum absolute atomic E-state index is 14.7. The molecule has 0 bridgehead atoms. The van der Waals surface area contributed by atoms with Crippen molar-refractivity contribution in [2.24, 2.45) is 11.8 Å². The quantitative estimate of drug-likeness (QED) is 0.0860. The second-order valence-corrected chi connectivity index (χ2v) is 16.5. The average molecular weight is 898 g/mol. The molecule has 0 N–H and O–H groups in total. The van der Waals surface area contributed by atoms with Gasteiger partial charge in [0.05, 0.1) is 96.8 Å². The van der Waals surface area contributed by atoms with Crippen LogP contribution < -0.4 is 4.74 Å². The van der Waals surface area contributed by atoms with Crippen molar-refractivity contribution in [2.45, 2.75) is 63.1 Å². The van der Waals surface area contributed by atoms with Crippen LogP contribution in [0.15, 0.2) is 60.7 Å². The highest BCUT2D eigenvalue weighted by molar-refractivity contribution is 6.17. The summed E-state index contributed by atoms with van der Waals surface area (Å²) >= 11 is 5.91. The first-order valence-electron chi connectivity index (χ1n) is 20.9. The Morgan fingerprint density at radius 1 is 0.797 bits per heavy atom. The number of benzene rings is 3. The van der Waals surface area contributed by atoms with Crippen molar-refractivity contribution in [3.63, 3.8) is 0 Å². The lowest BCUT2D eigenvalue weighted by Gasteiger charge is -2.28. The van der Waals surface area contributed by atoms with Gasteiger partial charge in [-0.05, 0) is 55.0 Å². The first-order valence-corrected chi connectivity index (χ1v) is 21.4. The van der Waals surface area contributed by atoms with Crippen LogP contribution in [-0.4, -0.2) is 93.7 Å². The molecule has 0 radical (unpaired) electrons. The fourth-order valence-electron chi connectivity index (χ4n) is 8.78. The summed E-state index contributed by atoms with van der Waals surface area (Å²) in [7, 11) is 2.45. The predicted octanol–water partition coefficient (Wildman–Crippen LogP) is 7.07. The molecular weight excluding hydrogens is 855 g/mol. The Hall–Kier alpha value is -6.06. The largest absolute Gasteiger partial charge is 0.473 e. The lowest BCUT2D eigenvalue weighted by molar-refractivity contribution is -0.0592. The maximum Gasteiger partial charge on any atom is 0.340 e. The van der Waals surface area contributed by atoms with Crippen molar-refractivity contribution in [3.05, 3.63) is 118 Å². The summed E-state index contributed by atoms with van der Waals surface area (Å²) in [6, 6.07) is 17.4. The third-order valence-electron chi connectivity index (χ3n) is 12.4. The summed E-state index contributed by atoms with van der Waals surface area (Å²) in [6.07, 6.45) is 2.08. The van der Waals surface area contributed by atoms with Crippen LogP contribution in [0.3, 0.4) is 0 Å². The number of piperidine rings is 1. The summed E-state index contributed by atoms with van der Waals surface area (Å²) in [6.45, 7) is 5.02. The van der Waals surface area contributed by atoms with Gasteiger partial charge in [0.25, 0.3) is 0 Å². The average Bonchev–Trinajstić information content (AvgIpc) is 3.48. The first kappa shape index (κ1) is 43.2. The van der Waals surface area contributed by atoms with Crippen molar-refractivity contribution in [3.8, 4) is 11.9 Å². The van der Waals surface area contributed by atoms with E-state index >= 15 is 0 Å². The van der Waals surface area contributed by atoms with E-state index in [4.69, 9.17) is 45.8 Å². The molecule has 3 saturated heterocycles. The number of methoxy groups -OCH3 is 2. The van der Waals surface area contributed by atoms with Gasteiger partial charge in [-0.15, -0.1) is 11.6 Å². The van der Waals surface area contributed by atoms with E-state index in [-0.39, 0.29) is 41.4 Å². The van der Waals surface area contributed by atoms with Gasteiger partial charge in [-0.2, -0.15) is 5.26 Å². The van der Waals surface area contributed by atoms with Gasteiger partial charge in [0, 0.05) is 61.7 Å². The highest BCUT2D eigenvalue weighted by atomic mass is 35.5. The number of rotatable bonds is 13. The van der Waals surface area contributed by atoms with Gasteiger partial charge < -0.3 is 32.8 Å². The van der Waals surface area contributed by atoms with E-state index in [2.05, 4.69) is 14.6 Å². The van der Waals surface area contributed by atoms with E-state index in [1.54, 1.807) is 18.2 Å². The van der Waals surface area contributed by atoms with Crippen molar-refractivity contribution in [1.82, 2.24) is 29.0 Å². The molecule has 1 aliphatic carbocycles. The molecule has 0 spiro atoms. The number of nitrogens with zero attached hydrogens (tertiary/aromatic N) is 7. The molecule has 0 amide bonds. The Bertz CT molecular complexity index is 2790. The van der Waals surface area contributed by atoms with E-state index in [9.17, 15) is 22.8 Å². The van der Waals surface area contributed by atoms with Crippen LogP contribution in [0.1, 0.15) is 67.9 Å². The standard InChI is InChI=1S/C32H29F2N5O4.C14H14ClFN2O3/c1-41-32(40)21-10-28-27(11-25(21)34)36-29(39(28)13-20-7-8-42-20)16-38-14-22-23(15-38)31(22)26-3-2-4-30(37-26)43-17-19-6-5-18(12-35)9-24(19)33;1-20-14(19)9-4-12-11(5-10(9)16)17-13(6-15)18(12)7-8-2-3-21-8/h2-6,9-11,20,22-23,31H,7-8,13-17H2,1H3;4-5,8H,2-3,6-7H2,1H3/t20-,22-,23+,31?;8-/m00/s1. The van der Waals surface area contributed by atoms with Gasteiger partial charge in [0.2, 0.25) is 5.88 Å². The number of ether oxygens (including phenoxy) is 5. The van der Waals surface area contributed by atoms with Gasteiger partial charge in [-0.1, -0.05) is 12.1 Å². The molecule has 332 valence electrons. The smallest absolute Gasteiger partial charge is 0.340 e. The normalized spacial score (nSPS) is 21.0. The number of likely N-dealkylation sites (tertiary alicyclic amines) is 1. The van der Waals surface area contributed by atoms with Gasteiger partial charge >= 0.3 is 11.9 Å². The van der Waals surface area contributed by atoms with E-state index in [0.29, 0.717) is 76.7 Å². The minimum atomic E-state index is -0.719. The van der Waals surface area contributed by atoms with Crippen LogP contribution in [0.4, 0.5) is 13.2 Å². The number of alkyl halides is 1. The summed E-state index contributed by atoms with van der Waals surface area (Å²) in [5, 5.41) is 8.94.